The average molecular weight is 2050 g/mol. The number of esters is 8. The van der Waals surface area contributed by atoms with Crippen LogP contribution < -0.4 is 11.1 Å². The number of carbonyl (C=O) groups excluding carboxylic acids is 9. The van der Waals surface area contributed by atoms with Crippen molar-refractivity contribution in [2.45, 2.75) is 263 Å². The molecule has 0 bridgehead atoms. The molecule has 0 aliphatic carbocycles. The number of carboxylic acid groups (broad SMARTS) is 3. The Labute approximate surface area is 787 Å². The maximum atomic E-state index is 12.4. The molecule has 4 atom stereocenters. The second kappa shape index (κ2) is 87.8. The molecule has 0 spiro atoms. The van der Waals surface area contributed by atoms with Gasteiger partial charge in [-0.25, -0.2) is 0 Å². The highest BCUT2D eigenvalue weighted by Crippen LogP contribution is 2.70. The van der Waals surface area contributed by atoms with Gasteiger partial charge in [0.2, 0.25) is 5.91 Å². The van der Waals surface area contributed by atoms with Crippen LogP contribution in [-0.2, 0) is 114 Å². The van der Waals surface area contributed by atoms with Crippen LogP contribution in [0, 0.1) is 23.7 Å². The summed E-state index contributed by atoms with van der Waals surface area (Å²) >= 11 is 8.30. The molecule has 131 heavy (non-hydrogen) atoms. The molecule has 0 aliphatic rings. The molecule has 0 fully saturated rings. The number of carboxylic acids is 3. The lowest BCUT2D eigenvalue weighted by atomic mass is 9.98. The number of hydrogen-bond donors (Lipinski definition) is 20. The first-order chi connectivity index (χ1) is 61.7. The van der Waals surface area contributed by atoms with Crippen molar-refractivity contribution in [2.24, 2.45) is 29.4 Å². The number of aliphatic carboxylic acids is 3. The third-order valence-corrected chi connectivity index (χ3v) is 29.0. The minimum Gasteiger partial charge on any atom is -0.481 e. The van der Waals surface area contributed by atoms with E-state index < -0.39 is 71.3 Å². The van der Waals surface area contributed by atoms with E-state index in [1.54, 1.807) is 57.3 Å². The fourth-order valence-corrected chi connectivity index (χ4v) is 18.1. The summed E-state index contributed by atoms with van der Waals surface area (Å²) in [6.45, 7) is 13.1. The fourth-order valence-electron chi connectivity index (χ4n) is 10.7. The van der Waals surface area contributed by atoms with E-state index in [9.17, 15) is 86.0 Å². The maximum absolute atomic E-state index is 12.4. The van der Waals surface area contributed by atoms with Gasteiger partial charge < -0.3 is 134 Å². The maximum Gasteiger partial charge on any atom is 0.369 e. The number of rotatable bonds is 76. The van der Waals surface area contributed by atoms with Crippen molar-refractivity contribution >= 4 is 150 Å². The standard InChI is InChI=1S/C22H43NO13P2S.2C18H32O7S.C15H26O5.C4H13NO7P2.C3H6O2S/c1-2-35-20(26)10-3-4-15-36-21(27)18(8-5-14-24)9-6-16-39-17-11-19(25)23-13-7-12-22(28,37(29,30)31)38(32,33)34;2*1-2-24-17(22)9-3-4-12-25-18(23)15(7-5-11-19)8-6-13-26-14-10-16(20)21;1-3-8-13(9-7-11-16)15(18)20-12-6-5-10-14(17)19-4-2;5-3-1-2-4(6,13(7,8)9)14(10,11)12;4-3(5)1-2-6/h18,24,28H,2-17H2,1H3,(H,23,25)(H2,29,30,31)(H2,32,33,34);2*15,19H,2-14H2,1H3,(H,20,21);3,13,16H,1,4-12H2,2H3;6H,1-3,5H2,(H2,7,8,9)(H2,10,11,12);6H,1-2H2,(H,4,5). The topological polar surface area (TPSA) is 729 Å². The van der Waals surface area contributed by atoms with E-state index in [1.165, 1.54) is 11.8 Å². The molecule has 0 radical (unpaired) electrons. The molecule has 43 nitrogen and oxygen atoms in total. The van der Waals surface area contributed by atoms with Crippen molar-refractivity contribution in [3.8, 4) is 0 Å². The monoisotopic (exact) mass is 2050 g/mol. The molecule has 0 aliphatic heterocycles. The lowest BCUT2D eigenvalue weighted by Gasteiger charge is -2.29. The van der Waals surface area contributed by atoms with Crippen LogP contribution in [0.25, 0.3) is 0 Å². The Bertz CT molecular complexity index is 3140. The SMILES string of the molecule is C=CCC(CCCO)C(=O)OCCCCC(=O)OCC.CCOC(=O)CCCCOC(=O)C(CCCO)CCCSCCC(=O)NCCCC(O)(P(=O)(O)O)P(=O)(O)O.CCOC(=O)CCCCOC(=O)C(CCCO)CCCSCCC(=O)O.CCOC(=O)CCCCOC(=O)C(CCCO)CCCSCCC(=O)O.NCCCC(O)(P(=O)(O)O)P(=O)(O)O.O=C(O)CCS. The van der Waals surface area contributed by atoms with Gasteiger partial charge in [0.25, 0.3) is 10.2 Å². The van der Waals surface area contributed by atoms with Gasteiger partial charge in [0, 0.05) is 101 Å². The molecule has 0 saturated carbocycles. The average Bonchev–Trinajstić information content (AvgIpc) is 0.780. The van der Waals surface area contributed by atoms with Gasteiger partial charge in [0.1, 0.15) is 0 Å². The van der Waals surface area contributed by atoms with Crippen LogP contribution in [0.5, 0.6) is 0 Å². The van der Waals surface area contributed by atoms with Crippen LogP contribution in [0.3, 0.4) is 0 Å². The highest BCUT2D eigenvalue weighted by Gasteiger charge is 2.59. The van der Waals surface area contributed by atoms with Crippen molar-refractivity contribution in [2.75, 3.05) is 133 Å². The molecular formula is C80H152N2O41P4S4. The van der Waals surface area contributed by atoms with E-state index in [0.29, 0.717) is 216 Å². The zero-order chi connectivity index (χ0) is 101. The summed E-state index contributed by atoms with van der Waals surface area (Å²) in [5, 5.41) is 75.5. The Balaban J connectivity index is -0.000000379. The number of amides is 1. The van der Waals surface area contributed by atoms with Crippen LogP contribution in [0.4, 0.5) is 0 Å². The van der Waals surface area contributed by atoms with Crippen molar-refractivity contribution in [1.82, 2.24) is 5.32 Å². The number of aliphatic hydroxyl groups excluding tert-OH is 4. The summed E-state index contributed by atoms with van der Waals surface area (Å²) in [4.78, 5) is 207. The summed E-state index contributed by atoms with van der Waals surface area (Å²) in [5.74, 6) is -1.61. The van der Waals surface area contributed by atoms with Gasteiger partial charge in [-0.05, 0) is 212 Å². The molecule has 0 heterocycles. The number of carbonyl (C=O) groups is 12. The van der Waals surface area contributed by atoms with E-state index in [2.05, 4.69) is 24.5 Å². The largest absolute Gasteiger partial charge is 0.481 e. The van der Waals surface area contributed by atoms with E-state index >= 15 is 0 Å². The van der Waals surface area contributed by atoms with Crippen molar-refractivity contribution < 1.29 is 199 Å². The second-order valence-electron chi connectivity index (χ2n) is 28.7. The number of ether oxygens (including phenoxy) is 8. The number of hydrogen-bond acceptors (Lipinski definition) is 35. The summed E-state index contributed by atoms with van der Waals surface area (Å²) in [5.41, 5.74) is 5.01. The van der Waals surface area contributed by atoms with Crippen LogP contribution in [0.1, 0.15) is 252 Å². The van der Waals surface area contributed by atoms with Crippen LogP contribution in [0.2, 0.25) is 0 Å². The smallest absolute Gasteiger partial charge is 0.369 e. The lowest BCUT2D eigenvalue weighted by Crippen LogP contribution is -2.31. The number of nitrogens with two attached hydrogens (primary N) is 1. The van der Waals surface area contributed by atoms with Gasteiger partial charge in [-0.15, -0.1) is 6.58 Å². The quantitative estimate of drug-likeness (QED) is 0.00683. The Morgan fingerprint density at radius 3 is 0.863 bits per heavy atom. The molecule has 4 unspecified atom stereocenters. The Morgan fingerprint density at radius 1 is 0.366 bits per heavy atom. The first kappa shape index (κ1) is 137. The molecule has 51 heteroatoms. The van der Waals surface area contributed by atoms with Gasteiger partial charge in [0.05, 0.1) is 95.8 Å². The number of thioether (sulfide) groups is 3. The third kappa shape index (κ3) is 80.9. The highest BCUT2D eigenvalue weighted by atomic mass is 32.2. The molecule has 0 aromatic carbocycles. The molecule has 772 valence electrons. The third-order valence-electron chi connectivity index (χ3n) is 17.8. The second-order valence-corrected chi connectivity index (χ2v) is 40.9. The summed E-state index contributed by atoms with van der Waals surface area (Å²) in [7, 11) is -21.6. The molecule has 0 aromatic rings. The van der Waals surface area contributed by atoms with Crippen molar-refractivity contribution in [1.29, 1.82) is 0 Å². The van der Waals surface area contributed by atoms with Gasteiger partial charge in [-0.1, -0.05) is 6.08 Å². The minimum atomic E-state index is -5.52. The first-order valence-electron chi connectivity index (χ1n) is 43.7. The zero-order valence-corrected chi connectivity index (χ0v) is 83.1. The van der Waals surface area contributed by atoms with Gasteiger partial charge in [0.15, 0.2) is 0 Å². The number of allylic oxidation sites excluding steroid dienone is 1. The van der Waals surface area contributed by atoms with Crippen LogP contribution in [0.15, 0.2) is 12.7 Å². The van der Waals surface area contributed by atoms with Gasteiger partial charge in [-0.3, -0.25) is 75.8 Å². The number of aliphatic hydroxyl groups is 6. The summed E-state index contributed by atoms with van der Waals surface area (Å²) in [6, 6.07) is 0. The highest BCUT2D eigenvalue weighted by molar-refractivity contribution is 7.99. The molecule has 0 rings (SSSR count). The molecule has 0 saturated heterocycles. The van der Waals surface area contributed by atoms with Crippen LogP contribution in [-0.4, -0.2) is 299 Å². The molecule has 1 amide bonds. The molecule has 0 aromatic heterocycles. The number of unbranched alkanes of at least 4 members (excludes halogenated alkanes) is 4. The molecule has 20 N–H and O–H groups in total. The Morgan fingerprint density at radius 2 is 0.626 bits per heavy atom. The van der Waals surface area contributed by atoms with E-state index in [0.717, 1.165) is 24.3 Å². The Kier molecular flexibility index (Phi) is 91.7. The van der Waals surface area contributed by atoms with E-state index in [4.69, 9.17) is 119 Å². The minimum absolute atomic E-state index is 0.0366. The predicted octanol–water partition coefficient (Wildman–Crippen LogP) is 8.08. The summed E-state index contributed by atoms with van der Waals surface area (Å²) < 4.78 is 84.4. The van der Waals surface area contributed by atoms with Gasteiger partial charge >= 0.3 is 96.0 Å². The number of thiol groups is 1. The zero-order valence-electron chi connectivity index (χ0n) is 76.1. The number of nitrogens with one attached hydrogen (secondary N) is 1. The van der Waals surface area contributed by atoms with Crippen molar-refractivity contribution in [3.05, 3.63) is 12.7 Å². The normalized spacial score (nSPS) is 12.3. The Hall–Kier alpha value is -4.90. The van der Waals surface area contributed by atoms with E-state index in [1.807, 2.05) is 0 Å². The predicted molar refractivity (Wildman–Crippen MR) is 493 cm³/mol. The van der Waals surface area contributed by atoms with Gasteiger partial charge in [-0.2, -0.15) is 47.9 Å². The van der Waals surface area contributed by atoms with Crippen molar-refractivity contribution in [3.63, 3.8) is 0 Å². The van der Waals surface area contributed by atoms with Crippen LogP contribution >= 0.6 is 78.3 Å². The molecular weight excluding hydrogens is 1900 g/mol. The first-order valence-corrected chi connectivity index (χ1v) is 54.2. The fraction of sp³-hybridized carbons (Fsp3) is 0.825. The van der Waals surface area contributed by atoms with E-state index in [-0.39, 0.29) is 182 Å². The summed E-state index contributed by atoms with van der Waals surface area (Å²) in [6.07, 6.45) is 15.5. The lowest BCUT2D eigenvalue weighted by molar-refractivity contribution is -0.150.